The Balaban J connectivity index is 3.32. The first-order valence-corrected chi connectivity index (χ1v) is 5.04. The van der Waals surface area contributed by atoms with Gasteiger partial charge < -0.3 is 14.2 Å². The van der Waals surface area contributed by atoms with Crippen LogP contribution in [0.2, 0.25) is 0 Å². The molecular formula is C12H13FO5. The number of carbonyl (C=O) groups is 2. The molecular weight excluding hydrogens is 243 g/mol. The molecule has 0 fully saturated rings. The quantitative estimate of drug-likeness (QED) is 0.599. The first-order valence-electron chi connectivity index (χ1n) is 5.04. The van der Waals surface area contributed by atoms with Gasteiger partial charge in [0.1, 0.15) is 11.6 Å². The van der Waals surface area contributed by atoms with E-state index >= 15 is 0 Å². The second-order valence-electron chi connectivity index (χ2n) is 3.37. The summed E-state index contributed by atoms with van der Waals surface area (Å²) in [5.74, 6) is -3.44. The van der Waals surface area contributed by atoms with Gasteiger partial charge in [0.2, 0.25) is 0 Å². The van der Waals surface area contributed by atoms with Gasteiger partial charge in [0.25, 0.3) is 0 Å². The van der Waals surface area contributed by atoms with E-state index in [-0.39, 0.29) is 11.3 Å². The van der Waals surface area contributed by atoms with Crippen molar-refractivity contribution in [3.05, 3.63) is 29.6 Å². The summed E-state index contributed by atoms with van der Waals surface area (Å²) in [4.78, 5) is 23.2. The van der Waals surface area contributed by atoms with E-state index in [9.17, 15) is 14.0 Å². The molecule has 0 atom stereocenters. The predicted molar refractivity (Wildman–Crippen MR) is 59.7 cm³/mol. The van der Waals surface area contributed by atoms with Gasteiger partial charge in [-0.1, -0.05) is 0 Å². The van der Waals surface area contributed by atoms with Crippen molar-refractivity contribution in [2.45, 2.75) is 5.92 Å². The van der Waals surface area contributed by atoms with E-state index in [1.165, 1.54) is 13.2 Å². The van der Waals surface area contributed by atoms with Crippen LogP contribution in [-0.4, -0.2) is 33.3 Å². The van der Waals surface area contributed by atoms with E-state index in [2.05, 4.69) is 9.47 Å². The number of methoxy groups -OCH3 is 3. The predicted octanol–water partition coefficient (Wildman–Crippen LogP) is 1.26. The number of carbonyl (C=O) groups excluding carboxylic acids is 2. The molecule has 0 saturated carbocycles. The van der Waals surface area contributed by atoms with Crippen LogP contribution in [0.15, 0.2) is 18.2 Å². The summed E-state index contributed by atoms with van der Waals surface area (Å²) in [6.45, 7) is 0. The number of benzene rings is 1. The summed E-state index contributed by atoms with van der Waals surface area (Å²) in [6, 6.07) is 3.52. The average molecular weight is 256 g/mol. The van der Waals surface area contributed by atoms with Gasteiger partial charge in [-0.15, -0.1) is 0 Å². The van der Waals surface area contributed by atoms with Gasteiger partial charge in [0.05, 0.1) is 21.3 Å². The summed E-state index contributed by atoms with van der Waals surface area (Å²) < 4.78 is 27.2. The van der Waals surface area contributed by atoms with Crippen molar-refractivity contribution < 1.29 is 28.2 Å². The molecule has 1 rings (SSSR count). The van der Waals surface area contributed by atoms with Gasteiger partial charge in [-0.25, -0.2) is 4.39 Å². The van der Waals surface area contributed by atoms with E-state index in [0.717, 1.165) is 26.4 Å². The fourth-order valence-corrected chi connectivity index (χ4v) is 1.52. The van der Waals surface area contributed by atoms with Crippen molar-refractivity contribution in [2.75, 3.05) is 21.3 Å². The maximum absolute atomic E-state index is 13.2. The summed E-state index contributed by atoms with van der Waals surface area (Å²) in [5, 5.41) is 0. The Labute approximate surface area is 103 Å². The summed E-state index contributed by atoms with van der Waals surface area (Å²) >= 11 is 0. The molecule has 18 heavy (non-hydrogen) atoms. The third-order valence-corrected chi connectivity index (χ3v) is 2.38. The van der Waals surface area contributed by atoms with E-state index in [1.807, 2.05) is 0 Å². The minimum Gasteiger partial charge on any atom is -0.496 e. The Morgan fingerprint density at radius 1 is 1.11 bits per heavy atom. The van der Waals surface area contributed by atoms with Crippen LogP contribution in [0.5, 0.6) is 5.75 Å². The fourth-order valence-electron chi connectivity index (χ4n) is 1.52. The summed E-state index contributed by atoms with van der Waals surface area (Å²) in [7, 11) is 3.61. The van der Waals surface area contributed by atoms with Gasteiger partial charge >= 0.3 is 11.9 Å². The molecule has 1 aromatic carbocycles. The minimum absolute atomic E-state index is 0.0659. The molecule has 0 aliphatic rings. The standard InChI is InChI=1S/C12H13FO5/c1-16-9-5-4-7(13)6-8(9)10(11(14)17-2)12(15)18-3/h4-6,10H,1-3H3. The second kappa shape index (κ2) is 6.00. The van der Waals surface area contributed by atoms with Crippen LogP contribution in [0, 0.1) is 5.82 Å². The number of ether oxygens (including phenoxy) is 3. The first-order chi connectivity index (χ1) is 8.54. The number of hydrogen-bond donors (Lipinski definition) is 0. The maximum atomic E-state index is 13.2. The Morgan fingerprint density at radius 2 is 1.67 bits per heavy atom. The van der Waals surface area contributed by atoms with Crippen LogP contribution < -0.4 is 4.74 Å². The summed E-state index contributed by atoms with van der Waals surface area (Å²) in [6.07, 6.45) is 0. The highest BCUT2D eigenvalue weighted by atomic mass is 19.1. The molecule has 98 valence electrons. The smallest absolute Gasteiger partial charge is 0.324 e. The molecule has 0 heterocycles. The highest BCUT2D eigenvalue weighted by Gasteiger charge is 2.33. The minimum atomic E-state index is -1.37. The van der Waals surface area contributed by atoms with Crippen molar-refractivity contribution in [1.29, 1.82) is 0 Å². The van der Waals surface area contributed by atoms with Crippen LogP contribution in [0.4, 0.5) is 4.39 Å². The Kier molecular flexibility index (Phi) is 4.65. The number of esters is 2. The highest BCUT2D eigenvalue weighted by Crippen LogP contribution is 2.29. The lowest BCUT2D eigenvalue weighted by atomic mass is 9.98. The molecule has 0 spiro atoms. The number of hydrogen-bond acceptors (Lipinski definition) is 5. The van der Waals surface area contributed by atoms with Crippen LogP contribution in [-0.2, 0) is 19.1 Å². The largest absolute Gasteiger partial charge is 0.496 e. The second-order valence-corrected chi connectivity index (χ2v) is 3.37. The van der Waals surface area contributed by atoms with Gasteiger partial charge in [-0.2, -0.15) is 0 Å². The summed E-state index contributed by atoms with van der Waals surface area (Å²) in [5.41, 5.74) is 0.0659. The zero-order valence-electron chi connectivity index (χ0n) is 10.2. The molecule has 0 aromatic heterocycles. The van der Waals surface area contributed by atoms with Gasteiger partial charge in [-0.3, -0.25) is 9.59 Å². The molecule has 0 radical (unpaired) electrons. The Hall–Kier alpha value is -2.11. The van der Waals surface area contributed by atoms with Crippen molar-refractivity contribution >= 4 is 11.9 Å². The zero-order valence-corrected chi connectivity index (χ0v) is 10.2. The third-order valence-electron chi connectivity index (χ3n) is 2.38. The van der Waals surface area contributed by atoms with E-state index in [0.29, 0.717) is 0 Å². The normalized spacial score (nSPS) is 10.1. The molecule has 5 nitrogen and oxygen atoms in total. The molecule has 0 N–H and O–H groups in total. The molecule has 0 aliphatic carbocycles. The monoisotopic (exact) mass is 256 g/mol. The van der Waals surface area contributed by atoms with Gasteiger partial charge in [0, 0.05) is 5.56 Å². The fraction of sp³-hybridized carbons (Fsp3) is 0.333. The lowest BCUT2D eigenvalue weighted by Crippen LogP contribution is -2.25. The van der Waals surface area contributed by atoms with Crippen LogP contribution in [0.25, 0.3) is 0 Å². The van der Waals surface area contributed by atoms with Gasteiger partial charge in [0.15, 0.2) is 5.92 Å². The van der Waals surface area contributed by atoms with E-state index in [1.54, 1.807) is 0 Å². The third kappa shape index (κ3) is 2.77. The average Bonchev–Trinajstić information content (AvgIpc) is 2.38. The van der Waals surface area contributed by atoms with E-state index < -0.39 is 23.7 Å². The van der Waals surface area contributed by atoms with E-state index in [4.69, 9.17) is 4.74 Å². The molecule has 0 bridgehead atoms. The molecule has 6 heteroatoms. The molecule has 0 aliphatic heterocycles. The lowest BCUT2D eigenvalue weighted by Gasteiger charge is -2.15. The Bertz CT molecular complexity index is 442. The van der Waals surface area contributed by atoms with Crippen molar-refractivity contribution in [1.82, 2.24) is 0 Å². The van der Waals surface area contributed by atoms with Crippen molar-refractivity contribution in [3.8, 4) is 5.75 Å². The topological polar surface area (TPSA) is 61.8 Å². The van der Waals surface area contributed by atoms with Crippen LogP contribution >= 0.6 is 0 Å². The highest BCUT2D eigenvalue weighted by molar-refractivity contribution is 6.01. The Morgan fingerprint density at radius 3 is 2.11 bits per heavy atom. The number of rotatable bonds is 4. The molecule has 0 unspecified atom stereocenters. The van der Waals surface area contributed by atoms with Crippen LogP contribution in [0.1, 0.15) is 11.5 Å². The first kappa shape index (κ1) is 14.0. The van der Waals surface area contributed by atoms with Crippen LogP contribution in [0.3, 0.4) is 0 Å². The lowest BCUT2D eigenvalue weighted by molar-refractivity contribution is -0.154. The molecule has 0 amide bonds. The SMILES string of the molecule is COC(=O)C(C(=O)OC)c1cc(F)ccc1OC. The molecule has 1 aromatic rings. The maximum Gasteiger partial charge on any atom is 0.324 e. The zero-order chi connectivity index (χ0) is 13.7. The van der Waals surface area contributed by atoms with Gasteiger partial charge in [-0.05, 0) is 18.2 Å². The number of halogens is 1. The van der Waals surface area contributed by atoms with Crippen molar-refractivity contribution in [3.63, 3.8) is 0 Å². The van der Waals surface area contributed by atoms with Crippen molar-refractivity contribution in [2.24, 2.45) is 0 Å². The molecule has 0 saturated heterocycles.